The van der Waals surface area contributed by atoms with Crippen molar-refractivity contribution in [3.63, 3.8) is 0 Å². The summed E-state index contributed by atoms with van der Waals surface area (Å²) in [7, 11) is 0. The summed E-state index contributed by atoms with van der Waals surface area (Å²) < 4.78 is 6.22. The maximum atomic E-state index is 13.6. The topological polar surface area (TPSA) is 85.4 Å². The largest absolute Gasteiger partial charge is 0.458 e. The average Bonchev–Trinajstić information content (AvgIpc) is 3.32. The summed E-state index contributed by atoms with van der Waals surface area (Å²) in [6.07, 6.45) is 1.23. The number of rotatable bonds is 3. The number of nitro benzene ring substituents is 1. The molecule has 0 saturated heterocycles. The Hall–Kier alpha value is -3.90. The summed E-state index contributed by atoms with van der Waals surface area (Å²) in [5.74, 6) is 1.08. The number of carbonyl (C=O) groups is 1. The van der Waals surface area contributed by atoms with Crippen LogP contribution in [0.25, 0.3) is 27.7 Å². The first-order valence-corrected chi connectivity index (χ1v) is 12.2. The number of anilines is 1. The molecule has 4 aromatic rings. The van der Waals surface area contributed by atoms with Crippen molar-refractivity contribution in [2.75, 3.05) is 5.32 Å². The monoisotopic (exact) mass is 498 g/mol. The summed E-state index contributed by atoms with van der Waals surface area (Å²) in [4.78, 5) is 24.4. The highest BCUT2D eigenvalue weighted by Crippen LogP contribution is 2.52. The van der Waals surface area contributed by atoms with Gasteiger partial charge in [-0.15, -0.1) is 0 Å². The second kappa shape index (κ2) is 8.07. The maximum Gasteiger partial charge on any atom is 0.270 e. The number of carbonyl (C=O) groups excluding carboxylic acids is 1. The molecule has 0 radical (unpaired) electrons. The van der Waals surface area contributed by atoms with Crippen LogP contribution in [0.15, 0.2) is 76.7 Å². The number of Topliss-reactive ketones (excluding diaryl/α,β-unsaturated/α-hetero) is 1. The quantitative estimate of drug-likeness (QED) is 0.228. The predicted molar refractivity (Wildman–Crippen MR) is 141 cm³/mol. The van der Waals surface area contributed by atoms with Crippen LogP contribution in [0.4, 0.5) is 11.4 Å². The summed E-state index contributed by atoms with van der Waals surface area (Å²) in [5.41, 5.74) is 4.02. The fourth-order valence-electron chi connectivity index (χ4n) is 5.52. The van der Waals surface area contributed by atoms with Crippen LogP contribution in [0, 0.1) is 15.5 Å². The third-order valence-corrected chi connectivity index (χ3v) is 7.41. The molecule has 6 rings (SSSR count). The van der Waals surface area contributed by atoms with E-state index in [0.29, 0.717) is 28.5 Å². The lowest BCUT2D eigenvalue weighted by Crippen LogP contribution is -2.33. The summed E-state index contributed by atoms with van der Waals surface area (Å²) in [6, 6.07) is 19.7. The molecule has 36 heavy (non-hydrogen) atoms. The Labute approximate surface area is 212 Å². The SMILES string of the molecule is CC1(C)CC(=O)C2=C(C1)c1c(ccc3ccccc13)N[C@H]2c1ccc(-c2cc([N+](=O)[O-])ccc2Cl)o1. The summed E-state index contributed by atoms with van der Waals surface area (Å²) in [6.45, 7) is 4.26. The molecule has 1 atom stereocenters. The Bertz CT molecular complexity index is 1610. The van der Waals surface area contributed by atoms with Gasteiger partial charge in [0.2, 0.25) is 0 Å². The number of nitrogens with one attached hydrogen (secondary N) is 1. The van der Waals surface area contributed by atoms with E-state index in [2.05, 4.69) is 43.4 Å². The summed E-state index contributed by atoms with van der Waals surface area (Å²) >= 11 is 6.36. The molecule has 1 N–H and O–H groups in total. The van der Waals surface area contributed by atoms with Gasteiger partial charge in [-0.25, -0.2) is 0 Å². The Morgan fingerprint density at radius 3 is 2.67 bits per heavy atom. The Balaban J connectivity index is 1.51. The molecule has 0 amide bonds. The molecule has 1 aliphatic heterocycles. The molecule has 2 aliphatic rings. The molecule has 0 fully saturated rings. The van der Waals surface area contributed by atoms with Crippen LogP contribution in [0.3, 0.4) is 0 Å². The molecule has 6 nitrogen and oxygen atoms in total. The molecule has 0 spiro atoms. The van der Waals surface area contributed by atoms with E-state index in [-0.39, 0.29) is 16.9 Å². The van der Waals surface area contributed by atoms with Crippen LogP contribution < -0.4 is 5.32 Å². The molecule has 1 aliphatic carbocycles. The fourth-order valence-corrected chi connectivity index (χ4v) is 5.73. The Morgan fingerprint density at radius 1 is 1.06 bits per heavy atom. The van der Waals surface area contributed by atoms with Crippen LogP contribution in [-0.2, 0) is 4.79 Å². The smallest absolute Gasteiger partial charge is 0.270 e. The van der Waals surface area contributed by atoms with E-state index >= 15 is 0 Å². The molecule has 180 valence electrons. The second-order valence-electron chi connectivity index (χ2n) is 10.2. The van der Waals surface area contributed by atoms with E-state index in [4.69, 9.17) is 16.0 Å². The van der Waals surface area contributed by atoms with E-state index in [1.807, 2.05) is 18.2 Å². The normalized spacial score (nSPS) is 18.5. The second-order valence-corrected chi connectivity index (χ2v) is 10.7. The third-order valence-electron chi connectivity index (χ3n) is 7.08. The lowest BCUT2D eigenvalue weighted by Gasteiger charge is -2.39. The van der Waals surface area contributed by atoms with Crippen molar-refractivity contribution in [1.82, 2.24) is 0 Å². The van der Waals surface area contributed by atoms with Gasteiger partial charge in [0.25, 0.3) is 5.69 Å². The number of nitro groups is 1. The number of nitrogens with zero attached hydrogens (tertiary/aromatic N) is 1. The van der Waals surface area contributed by atoms with Crippen molar-refractivity contribution in [2.45, 2.75) is 32.7 Å². The van der Waals surface area contributed by atoms with E-state index in [1.54, 1.807) is 6.07 Å². The van der Waals surface area contributed by atoms with Crippen LogP contribution >= 0.6 is 11.6 Å². The van der Waals surface area contributed by atoms with Gasteiger partial charge in [0.1, 0.15) is 17.6 Å². The predicted octanol–water partition coefficient (Wildman–Crippen LogP) is 7.97. The van der Waals surface area contributed by atoms with Crippen LogP contribution in [0.2, 0.25) is 5.02 Å². The molecule has 1 aromatic heterocycles. The zero-order valence-corrected chi connectivity index (χ0v) is 20.6. The van der Waals surface area contributed by atoms with Crippen molar-refractivity contribution >= 4 is 45.1 Å². The first-order valence-electron chi connectivity index (χ1n) is 11.8. The first kappa shape index (κ1) is 22.6. The third kappa shape index (κ3) is 3.60. The van der Waals surface area contributed by atoms with Crippen molar-refractivity contribution in [2.24, 2.45) is 5.41 Å². The summed E-state index contributed by atoms with van der Waals surface area (Å²) in [5, 5.41) is 17.4. The van der Waals surface area contributed by atoms with Gasteiger partial charge in [-0.05, 0) is 52.4 Å². The number of benzene rings is 3. The zero-order chi connectivity index (χ0) is 25.2. The maximum absolute atomic E-state index is 13.6. The molecule has 2 heterocycles. The Morgan fingerprint density at radius 2 is 1.86 bits per heavy atom. The van der Waals surface area contributed by atoms with Gasteiger partial charge in [0.05, 0.1) is 9.95 Å². The van der Waals surface area contributed by atoms with Gasteiger partial charge in [-0.1, -0.05) is 55.8 Å². The number of halogens is 1. The van der Waals surface area contributed by atoms with E-state index in [0.717, 1.165) is 39.6 Å². The number of furan rings is 1. The van der Waals surface area contributed by atoms with E-state index in [9.17, 15) is 14.9 Å². The van der Waals surface area contributed by atoms with Gasteiger partial charge < -0.3 is 9.73 Å². The fraction of sp³-hybridized carbons (Fsp3) is 0.207. The highest BCUT2D eigenvalue weighted by atomic mass is 35.5. The minimum atomic E-state index is -0.469. The van der Waals surface area contributed by atoms with Gasteiger partial charge >= 0.3 is 0 Å². The Kier molecular flexibility index (Phi) is 5.05. The van der Waals surface area contributed by atoms with Crippen LogP contribution in [-0.4, -0.2) is 10.7 Å². The lowest BCUT2D eigenvalue weighted by molar-refractivity contribution is -0.384. The number of fused-ring (bicyclic) bond motifs is 4. The van der Waals surface area contributed by atoms with Gasteiger partial charge in [-0.3, -0.25) is 14.9 Å². The standard InChI is InChI=1S/C29H23ClN2O4/c1-29(2)14-20-26-18-6-4-3-5-16(18)7-10-22(26)31-28(27(20)23(33)15-29)25-12-11-24(36-25)19-13-17(32(34)35)8-9-21(19)30/h3-13,28,31H,14-15H2,1-2H3/t28-/m0/s1. The minimum absolute atomic E-state index is 0.0707. The van der Waals surface area contributed by atoms with Crippen molar-refractivity contribution < 1.29 is 14.1 Å². The highest BCUT2D eigenvalue weighted by molar-refractivity contribution is 6.33. The molecule has 7 heteroatoms. The van der Waals surface area contributed by atoms with Gasteiger partial charge in [0, 0.05) is 40.9 Å². The van der Waals surface area contributed by atoms with Gasteiger partial charge in [-0.2, -0.15) is 0 Å². The first-order chi connectivity index (χ1) is 17.2. The number of non-ortho nitro benzene ring substituents is 1. The molecular weight excluding hydrogens is 476 g/mol. The van der Waals surface area contributed by atoms with Crippen molar-refractivity contribution in [3.05, 3.63) is 98.8 Å². The highest BCUT2D eigenvalue weighted by Gasteiger charge is 2.41. The number of hydrogen-bond acceptors (Lipinski definition) is 5. The zero-order valence-electron chi connectivity index (χ0n) is 19.8. The number of allylic oxidation sites excluding steroid dienone is 1. The van der Waals surface area contributed by atoms with Crippen molar-refractivity contribution in [1.29, 1.82) is 0 Å². The van der Waals surface area contributed by atoms with Crippen LogP contribution in [0.5, 0.6) is 0 Å². The molecular formula is C29H23ClN2O4. The molecule has 0 unspecified atom stereocenters. The lowest BCUT2D eigenvalue weighted by atomic mass is 9.68. The molecule has 3 aromatic carbocycles. The average molecular weight is 499 g/mol. The number of ketones is 1. The van der Waals surface area contributed by atoms with E-state index < -0.39 is 11.0 Å². The number of hydrogen-bond donors (Lipinski definition) is 1. The molecule has 0 bridgehead atoms. The molecule has 0 saturated carbocycles. The minimum Gasteiger partial charge on any atom is -0.458 e. The van der Waals surface area contributed by atoms with Gasteiger partial charge in [0.15, 0.2) is 5.78 Å². The van der Waals surface area contributed by atoms with Crippen LogP contribution in [0.1, 0.15) is 44.1 Å². The van der Waals surface area contributed by atoms with Crippen molar-refractivity contribution in [3.8, 4) is 11.3 Å². The van der Waals surface area contributed by atoms with E-state index in [1.165, 1.54) is 18.2 Å².